The van der Waals surface area contributed by atoms with Gasteiger partial charge in [0.1, 0.15) is 12.4 Å². The monoisotopic (exact) mass is 408 g/mol. The van der Waals surface area contributed by atoms with Crippen LogP contribution in [-0.2, 0) is 4.79 Å². The molecule has 0 aromatic heterocycles. The minimum absolute atomic E-state index is 0.137. The van der Waals surface area contributed by atoms with Crippen LogP contribution in [0.25, 0.3) is 0 Å². The summed E-state index contributed by atoms with van der Waals surface area (Å²) < 4.78 is 13.6. The molecule has 0 saturated heterocycles. The molecule has 0 fully saturated rings. The molecular formula is C23H18ClFN2O2. The molecular weight excluding hydrogens is 391 g/mol. The van der Waals surface area contributed by atoms with Gasteiger partial charge < -0.3 is 10.2 Å². The largest absolute Gasteiger partial charge is 0.324 e. The number of carbonyl (C=O) groups excluding carboxylic acids is 2. The van der Waals surface area contributed by atoms with E-state index < -0.39 is 6.04 Å². The normalized spacial score (nSPS) is 16.0. The molecule has 0 aliphatic carbocycles. The second-order valence-corrected chi connectivity index (χ2v) is 7.42. The number of anilines is 1. The van der Waals surface area contributed by atoms with Gasteiger partial charge in [-0.15, -0.1) is 0 Å². The van der Waals surface area contributed by atoms with E-state index in [2.05, 4.69) is 5.32 Å². The van der Waals surface area contributed by atoms with E-state index in [1.165, 1.54) is 17.0 Å². The molecule has 1 aliphatic rings. The molecule has 1 heterocycles. The number of rotatable bonds is 2. The summed E-state index contributed by atoms with van der Waals surface area (Å²) in [5.74, 6) is -0.958. The van der Waals surface area contributed by atoms with E-state index in [9.17, 15) is 14.0 Å². The van der Waals surface area contributed by atoms with Crippen molar-refractivity contribution in [2.45, 2.75) is 13.0 Å². The average Bonchev–Trinajstić information content (AvgIpc) is 2.84. The van der Waals surface area contributed by atoms with Gasteiger partial charge >= 0.3 is 0 Å². The zero-order chi connectivity index (χ0) is 20.5. The fourth-order valence-corrected chi connectivity index (χ4v) is 3.82. The number of nitrogens with zero attached hydrogens (tertiary/aromatic N) is 1. The Labute approximate surface area is 172 Å². The minimum atomic E-state index is -0.602. The van der Waals surface area contributed by atoms with Gasteiger partial charge in [0.2, 0.25) is 5.91 Å². The van der Waals surface area contributed by atoms with Crippen LogP contribution in [0.4, 0.5) is 10.1 Å². The lowest BCUT2D eigenvalue weighted by Crippen LogP contribution is -2.39. The third-order valence-corrected chi connectivity index (χ3v) is 5.27. The van der Waals surface area contributed by atoms with E-state index in [1.807, 2.05) is 19.1 Å². The number of fused-ring (bicyclic) bond motifs is 1. The number of halogens is 2. The first-order valence-corrected chi connectivity index (χ1v) is 9.53. The Balaban J connectivity index is 1.91. The van der Waals surface area contributed by atoms with Gasteiger partial charge in [-0.2, -0.15) is 0 Å². The molecule has 0 saturated carbocycles. The van der Waals surface area contributed by atoms with Crippen molar-refractivity contribution >= 4 is 29.1 Å². The maximum absolute atomic E-state index is 13.6. The van der Waals surface area contributed by atoms with E-state index in [-0.39, 0.29) is 24.2 Å². The SMILES string of the molecule is Cc1ccccc1C(=O)N1CC(=O)Nc2ccc(Cl)cc2C1c1ccc(F)cc1. The van der Waals surface area contributed by atoms with Crippen LogP contribution in [0.15, 0.2) is 66.7 Å². The van der Waals surface area contributed by atoms with Crippen molar-refractivity contribution in [3.8, 4) is 0 Å². The standard InChI is InChI=1S/C23H18ClFN2O2/c1-14-4-2-3-5-18(14)23(29)27-13-21(28)26-20-11-8-16(24)12-19(20)22(27)15-6-9-17(25)10-7-15/h2-12,22H,13H2,1H3,(H,26,28). The van der Waals surface area contributed by atoms with Crippen LogP contribution in [-0.4, -0.2) is 23.3 Å². The minimum Gasteiger partial charge on any atom is -0.324 e. The van der Waals surface area contributed by atoms with Gasteiger partial charge in [0, 0.05) is 21.8 Å². The Bertz CT molecular complexity index is 1100. The molecule has 6 heteroatoms. The zero-order valence-electron chi connectivity index (χ0n) is 15.7. The highest BCUT2D eigenvalue weighted by Crippen LogP contribution is 2.38. The zero-order valence-corrected chi connectivity index (χ0v) is 16.4. The Morgan fingerprint density at radius 2 is 1.83 bits per heavy atom. The van der Waals surface area contributed by atoms with Crippen molar-refractivity contribution in [3.63, 3.8) is 0 Å². The van der Waals surface area contributed by atoms with Gasteiger partial charge in [-0.1, -0.05) is 41.9 Å². The van der Waals surface area contributed by atoms with Crippen LogP contribution in [0.2, 0.25) is 5.02 Å². The molecule has 1 aliphatic heterocycles. The summed E-state index contributed by atoms with van der Waals surface area (Å²) in [4.78, 5) is 27.6. The highest BCUT2D eigenvalue weighted by atomic mass is 35.5. The molecule has 1 unspecified atom stereocenters. The van der Waals surface area contributed by atoms with Crippen molar-refractivity contribution in [1.82, 2.24) is 4.90 Å². The van der Waals surface area contributed by atoms with Gasteiger partial charge in [0.05, 0.1) is 6.04 Å². The number of aryl methyl sites for hydroxylation is 1. The predicted octanol–water partition coefficient (Wildman–Crippen LogP) is 4.97. The second-order valence-electron chi connectivity index (χ2n) is 6.98. The molecule has 3 aromatic rings. The lowest BCUT2D eigenvalue weighted by molar-refractivity contribution is -0.117. The number of nitrogens with one attached hydrogen (secondary N) is 1. The molecule has 0 spiro atoms. The van der Waals surface area contributed by atoms with Crippen molar-refractivity contribution < 1.29 is 14.0 Å². The lowest BCUT2D eigenvalue weighted by atomic mass is 9.95. The van der Waals surface area contributed by atoms with Gasteiger partial charge in [0.15, 0.2) is 0 Å². The summed E-state index contributed by atoms with van der Waals surface area (Å²) in [6, 6.07) is 17.7. The first kappa shape index (κ1) is 19.2. The Hall–Kier alpha value is -3.18. The number of hydrogen-bond acceptors (Lipinski definition) is 2. The summed E-state index contributed by atoms with van der Waals surface area (Å²) in [7, 11) is 0. The number of hydrogen-bond donors (Lipinski definition) is 1. The van der Waals surface area contributed by atoms with E-state index in [1.54, 1.807) is 42.5 Å². The molecule has 0 radical (unpaired) electrons. The quantitative estimate of drug-likeness (QED) is 0.650. The van der Waals surface area contributed by atoms with Crippen molar-refractivity contribution in [1.29, 1.82) is 0 Å². The Kier molecular flexibility index (Phi) is 5.07. The number of carbonyl (C=O) groups is 2. The van der Waals surface area contributed by atoms with Crippen LogP contribution >= 0.6 is 11.6 Å². The van der Waals surface area contributed by atoms with Crippen molar-refractivity contribution in [2.24, 2.45) is 0 Å². The molecule has 2 amide bonds. The maximum atomic E-state index is 13.6. The molecule has 29 heavy (non-hydrogen) atoms. The van der Waals surface area contributed by atoms with Crippen LogP contribution in [0.1, 0.15) is 33.1 Å². The van der Waals surface area contributed by atoms with Gasteiger partial charge in [0.25, 0.3) is 5.91 Å². The van der Waals surface area contributed by atoms with Gasteiger partial charge in [-0.3, -0.25) is 9.59 Å². The lowest BCUT2D eigenvalue weighted by Gasteiger charge is -2.31. The average molecular weight is 409 g/mol. The number of amides is 2. The summed E-state index contributed by atoms with van der Waals surface area (Å²) in [5.41, 5.74) is 3.27. The third kappa shape index (κ3) is 3.74. The molecule has 3 aromatic carbocycles. The van der Waals surface area contributed by atoms with Gasteiger partial charge in [-0.25, -0.2) is 4.39 Å². The Morgan fingerprint density at radius 3 is 2.55 bits per heavy atom. The van der Waals surface area contributed by atoms with Gasteiger partial charge in [-0.05, 0) is 54.4 Å². The third-order valence-electron chi connectivity index (χ3n) is 5.03. The van der Waals surface area contributed by atoms with Crippen LogP contribution in [0.3, 0.4) is 0 Å². The smallest absolute Gasteiger partial charge is 0.255 e. The van der Waals surface area contributed by atoms with E-state index >= 15 is 0 Å². The molecule has 4 rings (SSSR count). The topological polar surface area (TPSA) is 49.4 Å². The highest BCUT2D eigenvalue weighted by molar-refractivity contribution is 6.30. The summed E-state index contributed by atoms with van der Waals surface area (Å²) in [6.45, 7) is 1.71. The maximum Gasteiger partial charge on any atom is 0.255 e. The fourth-order valence-electron chi connectivity index (χ4n) is 3.64. The summed E-state index contributed by atoms with van der Waals surface area (Å²) in [5, 5.41) is 3.33. The molecule has 1 atom stereocenters. The van der Waals surface area contributed by atoms with E-state index in [0.29, 0.717) is 27.4 Å². The van der Waals surface area contributed by atoms with E-state index in [4.69, 9.17) is 11.6 Å². The summed E-state index contributed by atoms with van der Waals surface area (Å²) >= 11 is 6.24. The number of benzene rings is 3. The van der Waals surface area contributed by atoms with Crippen LogP contribution in [0, 0.1) is 12.7 Å². The molecule has 0 bridgehead atoms. The first-order valence-electron chi connectivity index (χ1n) is 9.15. The Morgan fingerprint density at radius 1 is 1.10 bits per heavy atom. The second kappa shape index (κ2) is 7.68. The molecule has 146 valence electrons. The molecule has 1 N–H and O–H groups in total. The first-order chi connectivity index (χ1) is 13.9. The fraction of sp³-hybridized carbons (Fsp3) is 0.130. The highest BCUT2D eigenvalue weighted by Gasteiger charge is 2.34. The van der Waals surface area contributed by atoms with Crippen molar-refractivity contribution in [3.05, 3.63) is 99.8 Å². The molecule has 4 nitrogen and oxygen atoms in total. The van der Waals surface area contributed by atoms with Crippen LogP contribution < -0.4 is 5.32 Å². The van der Waals surface area contributed by atoms with Crippen molar-refractivity contribution in [2.75, 3.05) is 11.9 Å². The van der Waals surface area contributed by atoms with Crippen LogP contribution in [0.5, 0.6) is 0 Å². The summed E-state index contributed by atoms with van der Waals surface area (Å²) in [6.07, 6.45) is 0. The predicted molar refractivity (Wildman–Crippen MR) is 111 cm³/mol. The van der Waals surface area contributed by atoms with E-state index in [0.717, 1.165) is 5.56 Å².